The lowest BCUT2D eigenvalue weighted by atomic mass is 10.3. The maximum Gasteiger partial charge on any atom is 0.303 e. The van der Waals surface area contributed by atoms with Crippen molar-refractivity contribution in [3.05, 3.63) is 12.2 Å². The molecule has 1 aromatic rings. The molecule has 0 fully saturated rings. The molecule has 0 aromatic carbocycles. The Hall–Kier alpha value is -1.39. The number of carboxylic acids is 1. The standard InChI is InChI=1S/C7H11N3O2/c1-2-10-6(8-5-9-10)3-4-7(11)12/h5H,2-4H2,1H3,(H,11,12). The molecule has 0 atom stereocenters. The van der Waals surface area contributed by atoms with Crippen LogP contribution in [0.25, 0.3) is 0 Å². The van der Waals surface area contributed by atoms with Gasteiger partial charge in [-0.3, -0.25) is 9.48 Å². The normalized spacial score (nSPS) is 10.1. The Bertz CT molecular complexity index is 269. The van der Waals surface area contributed by atoms with Crippen molar-refractivity contribution in [2.24, 2.45) is 0 Å². The molecule has 1 aromatic heterocycles. The summed E-state index contributed by atoms with van der Waals surface area (Å²) in [6.07, 6.45) is 2.00. The van der Waals surface area contributed by atoms with Crippen LogP contribution in [0.1, 0.15) is 19.2 Å². The van der Waals surface area contributed by atoms with E-state index >= 15 is 0 Å². The summed E-state index contributed by atoms with van der Waals surface area (Å²) in [5.41, 5.74) is 0. The Morgan fingerprint density at radius 1 is 1.75 bits per heavy atom. The highest BCUT2D eigenvalue weighted by Gasteiger charge is 2.04. The zero-order valence-corrected chi connectivity index (χ0v) is 6.90. The van der Waals surface area contributed by atoms with Crippen molar-refractivity contribution in [1.29, 1.82) is 0 Å². The molecule has 0 spiro atoms. The number of hydrogen-bond acceptors (Lipinski definition) is 3. The third kappa shape index (κ3) is 2.05. The summed E-state index contributed by atoms with van der Waals surface area (Å²) in [6, 6.07) is 0. The summed E-state index contributed by atoms with van der Waals surface area (Å²) < 4.78 is 1.70. The predicted molar refractivity (Wildman–Crippen MR) is 41.7 cm³/mol. The number of aromatic nitrogens is 3. The summed E-state index contributed by atoms with van der Waals surface area (Å²) in [5, 5.41) is 12.3. The van der Waals surface area contributed by atoms with E-state index in [1.165, 1.54) is 6.33 Å². The van der Waals surface area contributed by atoms with Gasteiger partial charge in [-0.15, -0.1) is 0 Å². The van der Waals surface area contributed by atoms with Crippen molar-refractivity contribution < 1.29 is 9.90 Å². The highest BCUT2D eigenvalue weighted by molar-refractivity contribution is 5.66. The van der Waals surface area contributed by atoms with Crippen LogP contribution in [-0.2, 0) is 17.8 Å². The van der Waals surface area contributed by atoms with Gasteiger partial charge in [0.05, 0.1) is 6.42 Å². The average molecular weight is 169 g/mol. The van der Waals surface area contributed by atoms with Gasteiger partial charge in [-0.1, -0.05) is 0 Å². The molecule has 1 N–H and O–H groups in total. The van der Waals surface area contributed by atoms with Crippen LogP contribution in [0.3, 0.4) is 0 Å². The second kappa shape index (κ2) is 3.85. The van der Waals surface area contributed by atoms with Crippen molar-refractivity contribution in [3.8, 4) is 0 Å². The fourth-order valence-corrected chi connectivity index (χ4v) is 0.965. The van der Waals surface area contributed by atoms with Crippen molar-refractivity contribution in [3.63, 3.8) is 0 Å². The summed E-state index contributed by atoms with van der Waals surface area (Å²) in [6.45, 7) is 2.67. The molecule has 1 rings (SSSR count). The van der Waals surface area contributed by atoms with Crippen molar-refractivity contribution >= 4 is 5.97 Å². The Morgan fingerprint density at radius 2 is 2.50 bits per heavy atom. The molecule has 5 nitrogen and oxygen atoms in total. The van der Waals surface area contributed by atoms with Gasteiger partial charge in [0.1, 0.15) is 12.2 Å². The lowest BCUT2D eigenvalue weighted by Crippen LogP contribution is -2.06. The fraction of sp³-hybridized carbons (Fsp3) is 0.571. The molecule has 12 heavy (non-hydrogen) atoms. The molecule has 0 aliphatic rings. The van der Waals surface area contributed by atoms with Crippen LogP contribution in [0.15, 0.2) is 6.33 Å². The number of aliphatic carboxylic acids is 1. The summed E-state index contributed by atoms with van der Waals surface area (Å²) >= 11 is 0. The maximum absolute atomic E-state index is 10.2. The third-order valence-corrected chi connectivity index (χ3v) is 1.56. The van der Waals surface area contributed by atoms with E-state index in [1.54, 1.807) is 4.68 Å². The number of nitrogens with zero attached hydrogens (tertiary/aromatic N) is 3. The van der Waals surface area contributed by atoms with Crippen LogP contribution in [0.5, 0.6) is 0 Å². The third-order valence-electron chi connectivity index (χ3n) is 1.56. The zero-order valence-electron chi connectivity index (χ0n) is 6.90. The molecule has 0 aliphatic carbocycles. The molecule has 0 aliphatic heterocycles. The molecule has 0 bridgehead atoms. The minimum absolute atomic E-state index is 0.110. The van der Waals surface area contributed by atoms with Gasteiger partial charge in [-0.05, 0) is 6.92 Å². The van der Waals surface area contributed by atoms with Gasteiger partial charge >= 0.3 is 5.97 Å². The number of hydrogen-bond donors (Lipinski definition) is 1. The summed E-state index contributed by atoms with van der Waals surface area (Å²) in [4.78, 5) is 14.2. The molecule has 1 heterocycles. The van der Waals surface area contributed by atoms with E-state index in [4.69, 9.17) is 5.11 Å². The van der Waals surface area contributed by atoms with Gasteiger partial charge in [-0.2, -0.15) is 5.10 Å². The van der Waals surface area contributed by atoms with E-state index in [0.29, 0.717) is 6.42 Å². The molecule has 66 valence electrons. The minimum Gasteiger partial charge on any atom is -0.481 e. The van der Waals surface area contributed by atoms with E-state index in [2.05, 4.69) is 10.1 Å². The van der Waals surface area contributed by atoms with Crippen molar-refractivity contribution in [1.82, 2.24) is 14.8 Å². The lowest BCUT2D eigenvalue weighted by Gasteiger charge is -1.99. The Balaban J connectivity index is 2.56. The molecule has 0 saturated heterocycles. The molecule has 0 radical (unpaired) electrons. The maximum atomic E-state index is 10.2. The number of aryl methyl sites for hydroxylation is 2. The van der Waals surface area contributed by atoms with Crippen molar-refractivity contribution in [2.75, 3.05) is 0 Å². The van der Waals surface area contributed by atoms with E-state index < -0.39 is 5.97 Å². The van der Waals surface area contributed by atoms with Crippen LogP contribution in [0.4, 0.5) is 0 Å². The van der Waals surface area contributed by atoms with Gasteiger partial charge < -0.3 is 5.11 Å². The van der Waals surface area contributed by atoms with Gasteiger partial charge in [0.25, 0.3) is 0 Å². The Morgan fingerprint density at radius 3 is 3.08 bits per heavy atom. The molecule has 5 heteroatoms. The molecule has 0 amide bonds. The smallest absolute Gasteiger partial charge is 0.303 e. The fourth-order valence-electron chi connectivity index (χ4n) is 0.965. The van der Waals surface area contributed by atoms with Gasteiger partial charge in [0, 0.05) is 13.0 Å². The Kier molecular flexibility index (Phi) is 2.79. The van der Waals surface area contributed by atoms with E-state index in [9.17, 15) is 4.79 Å². The predicted octanol–water partition coefficient (Wildman–Crippen LogP) is 0.315. The first-order valence-corrected chi connectivity index (χ1v) is 3.82. The van der Waals surface area contributed by atoms with E-state index in [-0.39, 0.29) is 6.42 Å². The molecule has 0 unspecified atom stereocenters. The highest BCUT2D eigenvalue weighted by atomic mass is 16.4. The quantitative estimate of drug-likeness (QED) is 0.704. The first-order chi connectivity index (χ1) is 5.74. The largest absolute Gasteiger partial charge is 0.481 e. The highest BCUT2D eigenvalue weighted by Crippen LogP contribution is 1.98. The lowest BCUT2D eigenvalue weighted by molar-refractivity contribution is -0.137. The van der Waals surface area contributed by atoms with Crippen LogP contribution >= 0.6 is 0 Å². The molecule has 0 saturated carbocycles. The minimum atomic E-state index is -0.805. The number of carboxylic acid groups (broad SMARTS) is 1. The van der Waals surface area contributed by atoms with Gasteiger partial charge in [-0.25, -0.2) is 4.98 Å². The SMILES string of the molecule is CCn1ncnc1CCC(=O)O. The number of rotatable bonds is 4. The van der Waals surface area contributed by atoms with Gasteiger partial charge in [0.15, 0.2) is 0 Å². The monoisotopic (exact) mass is 169 g/mol. The second-order valence-electron chi connectivity index (χ2n) is 2.39. The molecular weight excluding hydrogens is 158 g/mol. The summed E-state index contributed by atoms with van der Waals surface area (Å²) in [7, 11) is 0. The van der Waals surface area contributed by atoms with E-state index in [1.807, 2.05) is 6.92 Å². The van der Waals surface area contributed by atoms with Crippen LogP contribution in [-0.4, -0.2) is 25.8 Å². The van der Waals surface area contributed by atoms with Crippen LogP contribution < -0.4 is 0 Å². The van der Waals surface area contributed by atoms with E-state index in [0.717, 1.165) is 12.4 Å². The summed E-state index contributed by atoms with van der Waals surface area (Å²) in [5.74, 6) is -0.0689. The van der Waals surface area contributed by atoms with Crippen LogP contribution in [0, 0.1) is 0 Å². The second-order valence-corrected chi connectivity index (χ2v) is 2.39. The van der Waals surface area contributed by atoms with Crippen LogP contribution in [0.2, 0.25) is 0 Å². The average Bonchev–Trinajstić information content (AvgIpc) is 2.47. The van der Waals surface area contributed by atoms with Gasteiger partial charge in [0.2, 0.25) is 0 Å². The first kappa shape index (κ1) is 8.70. The molecular formula is C7H11N3O2. The zero-order chi connectivity index (χ0) is 8.97. The van der Waals surface area contributed by atoms with Crippen molar-refractivity contribution in [2.45, 2.75) is 26.3 Å². The topological polar surface area (TPSA) is 68.0 Å². The first-order valence-electron chi connectivity index (χ1n) is 3.82. The number of carbonyl (C=O) groups is 1. The Labute approximate surface area is 70.0 Å².